The summed E-state index contributed by atoms with van der Waals surface area (Å²) < 4.78 is 1.90. The van der Waals surface area contributed by atoms with E-state index in [1.165, 1.54) is 5.69 Å². The highest BCUT2D eigenvalue weighted by atomic mass is 16.1. The van der Waals surface area contributed by atoms with Crippen LogP contribution in [-0.2, 0) is 13.5 Å². The number of carbonyl (C=O) groups is 1. The maximum absolute atomic E-state index is 12.6. The standard InChI is InChI=1S/C18H18N4O/c1-22-17-8-4-7-15(13(17)11-19-22)21-18(23)16-10-9-12-5-2-3-6-14(12)20-16/h2-3,5-6,9-11,15H,4,7-8H2,1H3,(H,21,23)/t15-/m0/s1. The third-order valence-corrected chi connectivity index (χ3v) is 4.51. The Kier molecular flexibility index (Phi) is 3.33. The molecule has 0 radical (unpaired) electrons. The first-order chi connectivity index (χ1) is 11.2. The lowest BCUT2D eigenvalue weighted by molar-refractivity contribution is 0.0928. The fraction of sp³-hybridized carbons (Fsp3) is 0.278. The Balaban J connectivity index is 1.60. The number of hydrogen-bond donors (Lipinski definition) is 1. The SMILES string of the molecule is Cn1ncc2c1CCC[C@@H]2NC(=O)c1ccc2ccccc2n1. The summed E-state index contributed by atoms with van der Waals surface area (Å²) in [6, 6.07) is 11.6. The molecule has 2 heterocycles. The summed E-state index contributed by atoms with van der Waals surface area (Å²) in [5.74, 6) is -0.127. The summed E-state index contributed by atoms with van der Waals surface area (Å²) in [5, 5.41) is 8.47. The highest BCUT2D eigenvalue weighted by molar-refractivity contribution is 5.95. The minimum Gasteiger partial charge on any atom is -0.344 e. The molecular formula is C18H18N4O. The van der Waals surface area contributed by atoms with Crippen molar-refractivity contribution in [2.24, 2.45) is 7.05 Å². The highest BCUT2D eigenvalue weighted by Gasteiger charge is 2.25. The van der Waals surface area contributed by atoms with Crippen LogP contribution in [0.15, 0.2) is 42.6 Å². The van der Waals surface area contributed by atoms with Gasteiger partial charge in [-0.2, -0.15) is 5.10 Å². The van der Waals surface area contributed by atoms with Gasteiger partial charge in [0, 0.05) is 23.7 Å². The summed E-state index contributed by atoms with van der Waals surface area (Å²) in [7, 11) is 1.95. The summed E-state index contributed by atoms with van der Waals surface area (Å²) in [6.07, 6.45) is 4.89. The summed E-state index contributed by atoms with van der Waals surface area (Å²) >= 11 is 0. The maximum atomic E-state index is 12.6. The van der Waals surface area contributed by atoms with Gasteiger partial charge in [-0.1, -0.05) is 24.3 Å². The number of hydrogen-bond acceptors (Lipinski definition) is 3. The lowest BCUT2D eigenvalue weighted by Crippen LogP contribution is -2.31. The molecule has 0 aliphatic heterocycles. The van der Waals surface area contributed by atoms with Crippen LogP contribution in [0.3, 0.4) is 0 Å². The molecule has 0 fully saturated rings. The zero-order valence-electron chi connectivity index (χ0n) is 13.0. The molecule has 23 heavy (non-hydrogen) atoms. The van der Waals surface area contributed by atoms with E-state index in [9.17, 15) is 4.79 Å². The normalized spacial score (nSPS) is 17.0. The number of amides is 1. The number of aryl methyl sites for hydroxylation is 1. The van der Waals surface area contributed by atoms with Crippen molar-refractivity contribution >= 4 is 16.8 Å². The lowest BCUT2D eigenvalue weighted by atomic mass is 9.93. The van der Waals surface area contributed by atoms with Crippen molar-refractivity contribution in [2.45, 2.75) is 25.3 Å². The Labute approximate surface area is 134 Å². The predicted molar refractivity (Wildman–Crippen MR) is 88.1 cm³/mol. The van der Waals surface area contributed by atoms with E-state index in [2.05, 4.69) is 15.4 Å². The van der Waals surface area contributed by atoms with Crippen LogP contribution in [0.1, 0.15) is 40.6 Å². The minimum absolute atomic E-state index is 0.0215. The molecule has 1 amide bonds. The van der Waals surface area contributed by atoms with Gasteiger partial charge in [-0.25, -0.2) is 4.98 Å². The van der Waals surface area contributed by atoms with Gasteiger partial charge < -0.3 is 5.32 Å². The van der Waals surface area contributed by atoms with E-state index in [4.69, 9.17) is 0 Å². The lowest BCUT2D eigenvalue weighted by Gasteiger charge is -2.23. The molecule has 1 N–H and O–H groups in total. The molecule has 3 aromatic rings. The maximum Gasteiger partial charge on any atom is 0.270 e. The third kappa shape index (κ3) is 2.48. The first-order valence-corrected chi connectivity index (χ1v) is 7.90. The molecule has 1 aromatic carbocycles. The minimum atomic E-state index is -0.127. The number of nitrogens with one attached hydrogen (secondary N) is 1. The monoisotopic (exact) mass is 306 g/mol. The van der Waals surface area contributed by atoms with Crippen molar-refractivity contribution in [1.29, 1.82) is 0 Å². The van der Waals surface area contributed by atoms with E-state index in [1.54, 1.807) is 6.07 Å². The number of carbonyl (C=O) groups excluding carboxylic acids is 1. The number of benzene rings is 1. The van der Waals surface area contributed by atoms with Crippen LogP contribution in [0.2, 0.25) is 0 Å². The predicted octanol–water partition coefficient (Wildman–Crippen LogP) is 2.78. The van der Waals surface area contributed by atoms with Gasteiger partial charge in [0.25, 0.3) is 5.91 Å². The number of rotatable bonds is 2. The first-order valence-electron chi connectivity index (χ1n) is 7.90. The average Bonchev–Trinajstić information content (AvgIpc) is 2.97. The molecule has 1 aliphatic carbocycles. The molecule has 0 saturated heterocycles. The number of pyridine rings is 1. The van der Waals surface area contributed by atoms with Crippen LogP contribution >= 0.6 is 0 Å². The van der Waals surface area contributed by atoms with E-state index >= 15 is 0 Å². The van der Waals surface area contributed by atoms with Gasteiger partial charge in [-0.05, 0) is 31.4 Å². The van der Waals surface area contributed by atoms with Gasteiger partial charge in [0.05, 0.1) is 17.8 Å². The summed E-state index contributed by atoms with van der Waals surface area (Å²) in [6.45, 7) is 0. The second-order valence-electron chi connectivity index (χ2n) is 5.98. The Hall–Kier alpha value is -2.69. The molecular weight excluding hydrogens is 288 g/mol. The molecule has 4 rings (SSSR count). The van der Waals surface area contributed by atoms with Gasteiger partial charge >= 0.3 is 0 Å². The largest absolute Gasteiger partial charge is 0.344 e. The van der Waals surface area contributed by atoms with E-state index in [1.807, 2.05) is 48.3 Å². The Morgan fingerprint density at radius 3 is 3.04 bits per heavy atom. The highest BCUT2D eigenvalue weighted by Crippen LogP contribution is 2.29. The quantitative estimate of drug-likeness (QED) is 0.792. The summed E-state index contributed by atoms with van der Waals surface area (Å²) in [4.78, 5) is 17.0. The van der Waals surface area contributed by atoms with E-state index in [0.29, 0.717) is 5.69 Å². The van der Waals surface area contributed by atoms with Crippen LogP contribution < -0.4 is 5.32 Å². The zero-order chi connectivity index (χ0) is 15.8. The van der Waals surface area contributed by atoms with E-state index < -0.39 is 0 Å². The van der Waals surface area contributed by atoms with Crippen LogP contribution in [0.25, 0.3) is 10.9 Å². The smallest absolute Gasteiger partial charge is 0.270 e. The molecule has 5 heteroatoms. The van der Waals surface area contributed by atoms with Crippen LogP contribution in [-0.4, -0.2) is 20.7 Å². The zero-order valence-corrected chi connectivity index (χ0v) is 13.0. The topological polar surface area (TPSA) is 59.8 Å². The third-order valence-electron chi connectivity index (χ3n) is 4.51. The molecule has 0 spiro atoms. The van der Waals surface area contributed by atoms with Crippen molar-refractivity contribution in [3.05, 3.63) is 59.5 Å². The van der Waals surface area contributed by atoms with Gasteiger partial charge in [-0.15, -0.1) is 0 Å². The Morgan fingerprint density at radius 1 is 1.26 bits per heavy atom. The number of nitrogens with zero attached hydrogens (tertiary/aromatic N) is 3. The molecule has 5 nitrogen and oxygen atoms in total. The fourth-order valence-electron chi connectivity index (χ4n) is 3.28. The first kappa shape index (κ1) is 13.9. The Morgan fingerprint density at radius 2 is 2.13 bits per heavy atom. The molecule has 2 aromatic heterocycles. The fourth-order valence-corrected chi connectivity index (χ4v) is 3.28. The van der Waals surface area contributed by atoms with Gasteiger partial charge in [0.15, 0.2) is 0 Å². The molecule has 1 atom stereocenters. The van der Waals surface area contributed by atoms with Crippen molar-refractivity contribution in [1.82, 2.24) is 20.1 Å². The van der Waals surface area contributed by atoms with Crippen molar-refractivity contribution in [2.75, 3.05) is 0 Å². The van der Waals surface area contributed by atoms with E-state index in [0.717, 1.165) is 35.7 Å². The van der Waals surface area contributed by atoms with Crippen molar-refractivity contribution < 1.29 is 4.79 Å². The molecule has 1 aliphatic rings. The van der Waals surface area contributed by atoms with Gasteiger partial charge in [-0.3, -0.25) is 9.48 Å². The van der Waals surface area contributed by atoms with Gasteiger partial charge in [0.2, 0.25) is 0 Å². The number of fused-ring (bicyclic) bond motifs is 2. The van der Waals surface area contributed by atoms with Gasteiger partial charge in [0.1, 0.15) is 5.69 Å². The molecule has 0 unspecified atom stereocenters. The summed E-state index contributed by atoms with van der Waals surface area (Å²) in [5.41, 5.74) is 3.64. The number of para-hydroxylation sites is 1. The second-order valence-corrected chi connectivity index (χ2v) is 5.98. The molecule has 0 saturated carbocycles. The average molecular weight is 306 g/mol. The molecule has 0 bridgehead atoms. The Bertz CT molecular complexity index is 884. The second kappa shape index (κ2) is 5.50. The van der Waals surface area contributed by atoms with Crippen LogP contribution in [0.4, 0.5) is 0 Å². The number of aromatic nitrogens is 3. The van der Waals surface area contributed by atoms with Crippen molar-refractivity contribution in [3.8, 4) is 0 Å². The van der Waals surface area contributed by atoms with Crippen LogP contribution in [0, 0.1) is 0 Å². The molecule has 116 valence electrons. The van der Waals surface area contributed by atoms with E-state index in [-0.39, 0.29) is 11.9 Å². The van der Waals surface area contributed by atoms with Crippen molar-refractivity contribution in [3.63, 3.8) is 0 Å². The van der Waals surface area contributed by atoms with Crippen LogP contribution in [0.5, 0.6) is 0 Å².